The minimum absolute atomic E-state index is 0.198. The average Bonchev–Trinajstić information content (AvgIpc) is 2.85. The molecule has 1 atom stereocenters. The number of aromatic nitrogens is 1. The van der Waals surface area contributed by atoms with Crippen LogP contribution in [0.1, 0.15) is 36.9 Å². The van der Waals surface area contributed by atoms with Gasteiger partial charge in [-0.2, -0.15) is 0 Å². The zero-order chi connectivity index (χ0) is 13.7. The van der Waals surface area contributed by atoms with E-state index in [1.165, 1.54) is 0 Å². The predicted molar refractivity (Wildman–Crippen MR) is 78.4 cm³/mol. The van der Waals surface area contributed by atoms with E-state index >= 15 is 0 Å². The van der Waals surface area contributed by atoms with Gasteiger partial charge in [0.25, 0.3) is 0 Å². The number of amides is 1. The van der Waals surface area contributed by atoms with Crippen molar-refractivity contribution in [3.63, 3.8) is 0 Å². The molecule has 5 heteroatoms. The van der Waals surface area contributed by atoms with Gasteiger partial charge >= 0.3 is 0 Å². The van der Waals surface area contributed by atoms with Gasteiger partial charge in [-0.3, -0.25) is 4.79 Å². The van der Waals surface area contributed by atoms with Crippen molar-refractivity contribution in [3.8, 4) is 0 Å². The molecule has 0 radical (unpaired) electrons. The average molecular weight is 281 g/mol. The van der Waals surface area contributed by atoms with Crippen LogP contribution in [0.3, 0.4) is 0 Å². The van der Waals surface area contributed by atoms with E-state index in [1.54, 1.807) is 11.3 Å². The molecule has 4 nitrogen and oxygen atoms in total. The number of hydrogen-bond acceptors (Lipinski definition) is 4. The molecule has 0 aliphatic carbocycles. The number of rotatable bonds is 5. The Morgan fingerprint density at radius 1 is 1.63 bits per heavy atom. The van der Waals surface area contributed by atoms with Crippen molar-refractivity contribution in [1.29, 1.82) is 0 Å². The van der Waals surface area contributed by atoms with Gasteiger partial charge in [0, 0.05) is 24.9 Å². The van der Waals surface area contributed by atoms with E-state index in [1.807, 2.05) is 6.92 Å². The highest BCUT2D eigenvalue weighted by atomic mass is 32.1. The van der Waals surface area contributed by atoms with Gasteiger partial charge in [-0.1, -0.05) is 6.92 Å². The van der Waals surface area contributed by atoms with E-state index in [0.717, 1.165) is 49.5 Å². The first kappa shape index (κ1) is 14.5. The lowest BCUT2D eigenvalue weighted by Gasteiger charge is -2.35. The second-order valence-corrected chi connectivity index (χ2v) is 6.34. The van der Waals surface area contributed by atoms with Crippen molar-refractivity contribution in [1.82, 2.24) is 15.6 Å². The van der Waals surface area contributed by atoms with Crippen LogP contribution in [0, 0.1) is 12.3 Å². The summed E-state index contributed by atoms with van der Waals surface area (Å²) < 4.78 is 0. The fourth-order valence-electron chi connectivity index (χ4n) is 2.64. The number of piperidine rings is 1. The maximum atomic E-state index is 12.4. The molecule has 0 bridgehead atoms. The van der Waals surface area contributed by atoms with Crippen molar-refractivity contribution in [3.05, 3.63) is 16.1 Å². The molecule has 0 saturated carbocycles. The molecule has 1 unspecified atom stereocenters. The van der Waals surface area contributed by atoms with Crippen LogP contribution in [0.4, 0.5) is 0 Å². The Bertz CT molecular complexity index is 424. The molecule has 1 aromatic heterocycles. The topological polar surface area (TPSA) is 54.0 Å². The first-order chi connectivity index (χ1) is 9.16. The summed E-state index contributed by atoms with van der Waals surface area (Å²) in [7, 11) is 0. The van der Waals surface area contributed by atoms with Crippen LogP contribution >= 0.6 is 11.3 Å². The molecule has 106 valence electrons. The molecule has 1 amide bonds. The fourth-order valence-corrected chi connectivity index (χ4v) is 3.29. The highest BCUT2D eigenvalue weighted by molar-refractivity contribution is 7.09. The summed E-state index contributed by atoms with van der Waals surface area (Å²) in [6, 6.07) is 0. The van der Waals surface area contributed by atoms with E-state index in [4.69, 9.17) is 0 Å². The van der Waals surface area contributed by atoms with E-state index in [-0.39, 0.29) is 11.3 Å². The summed E-state index contributed by atoms with van der Waals surface area (Å²) in [5.41, 5.74) is 0.881. The minimum Gasteiger partial charge on any atom is -0.355 e. The van der Waals surface area contributed by atoms with Gasteiger partial charge in [0.05, 0.1) is 16.1 Å². The maximum Gasteiger partial charge on any atom is 0.227 e. The van der Waals surface area contributed by atoms with Crippen molar-refractivity contribution in [2.45, 2.75) is 39.5 Å². The molecule has 19 heavy (non-hydrogen) atoms. The third-order valence-electron chi connectivity index (χ3n) is 3.96. The Kier molecular flexibility index (Phi) is 4.93. The second kappa shape index (κ2) is 6.48. The quantitative estimate of drug-likeness (QED) is 0.866. The third kappa shape index (κ3) is 3.54. The first-order valence-corrected chi connectivity index (χ1v) is 7.94. The molecule has 0 spiro atoms. The summed E-state index contributed by atoms with van der Waals surface area (Å²) in [5.74, 6) is 0.203. The summed E-state index contributed by atoms with van der Waals surface area (Å²) >= 11 is 1.66. The van der Waals surface area contributed by atoms with Crippen LogP contribution in [-0.4, -0.2) is 30.5 Å². The van der Waals surface area contributed by atoms with Crippen LogP contribution in [0.25, 0.3) is 0 Å². The van der Waals surface area contributed by atoms with Crippen LogP contribution in [-0.2, 0) is 11.2 Å². The van der Waals surface area contributed by atoms with Crippen molar-refractivity contribution in [2.24, 2.45) is 5.41 Å². The van der Waals surface area contributed by atoms with E-state index in [9.17, 15) is 4.79 Å². The summed E-state index contributed by atoms with van der Waals surface area (Å²) in [6.07, 6.45) is 3.82. The molecule has 2 N–H and O–H groups in total. The molecule has 1 aliphatic heterocycles. The number of thiazole rings is 1. The number of carbonyl (C=O) groups is 1. The van der Waals surface area contributed by atoms with Crippen LogP contribution in [0.5, 0.6) is 0 Å². The number of nitrogens with zero attached hydrogens (tertiary/aromatic N) is 1. The standard InChI is InChI=1S/C14H23N3OS/c1-3-14(6-4-7-15-10-14)13(18)16-8-5-12-9-19-11(2)17-12/h9,15H,3-8,10H2,1-2H3,(H,16,18). The van der Waals surface area contributed by atoms with Crippen LogP contribution in [0.2, 0.25) is 0 Å². The van der Waals surface area contributed by atoms with Crippen LogP contribution in [0.15, 0.2) is 5.38 Å². The lowest BCUT2D eigenvalue weighted by atomic mass is 9.77. The Hall–Kier alpha value is -0.940. The lowest BCUT2D eigenvalue weighted by Crippen LogP contribution is -2.50. The van der Waals surface area contributed by atoms with Gasteiger partial charge in [0.15, 0.2) is 0 Å². The Morgan fingerprint density at radius 3 is 3.05 bits per heavy atom. The second-order valence-electron chi connectivity index (χ2n) is 5.28. The molecule has 1 fully saturated rings. The summed E-state index contributed by atoms with van der Waals surface area (Å²) in [6.45, 7) is 6.64. The van der Waals surface area contributed by atoms with Crippen molar-refractivity contribution in [2.75, 3.05) is 19.6 Å². The molecular formula is C14H23N3OS. The highest BCUT2D eigenvalue weighted by Crippen LogP contribution is 2.30. The minimum atomic E-state index is -0.198. The van der Waals surface area contributed by atoms with Crippen LogP contribution < -0.4 is 10.6 Å². The molecule has 1 aromatic rings. The summed E-state index contributed by atoms with van der Waals surface area (Å²) in [5, 5.41) is 9.59. The molecule has 2 heterocycles. The van der Waals surface area contributed by atoms with E-state index in [2.05, 4.69) is 27.9 Å². The zero-order valence-corrected chi connectivity index (χ0v) is 12.6. The third-order valence-corrected chi connectivity index (χ3v) is 4.79. The van der Waals surface area contributed by atoms with Gasteiger partial charge in [0.1, 0.15) is 0 Å². The van der Waals surface area contributed by atoms with Gasteiger partial charge < -0.3 is 10.6 Å². The van der Waals surface area contributed by atoms with Gasteiger partial charge in [0.2, 0.25) is 5.91 Å². The van der Waals surface area contributed by atoms with Crippen molar-refractivity contribution >= 4 is 17.2 Å². The monoisotopic (exact) mass is 281 g/mol. The molecular weight excluding hydrogens is 258 g/mol. The number of aryl methyl sites for hydroxylation is 1. The smallest absolute Gasteiger partial charge is 0.227 e. The van der Waals surface area contributed by atoms with E-state index < -0.39 is 0 Å². The largest absolute Gasteiger partial charge is 0.355 e. The summed E-state index contributed by atoms with van der Waals surface area (Å²) in [4.78, 5) is 16.8. The first-order valence-electron chi connectivity index (χ1n) is 7.06. The lowest BCUT2D eigenvalue weighted by molar-refractivity contribution is -0.132. The maximum absolute atomic E-state index is 12.4. The van der Waals surface area contributed by atoms with Crippen molar-refractivity contribution < 1.29 is 4.79 Å². The highest BCUT2D eigenvalue weighted by Gasteiger charge is 2.37. The molecule has 2 rings (SSSR count). The predicted octanol–water partition coefficient (Wildman–Crippen LogP) is 1.89. The Balaban J connectivity index is 1.82. The number of nitrogens with one attached hydrogen (secondary N) is 2. The Morgan fingerprint density at radius 2 is 2.47 bits per heavy atom. The fraction of sp³-hybridized carbons (Fsp3) is 0.714. The normalized spacial score (nSPS) is 23.3. The Labute approximate surface area is 119 Å². The van der Waals surface area contributed by atoms with E-state index in [0.29, 0.717) is 6.54 Å². The number of hydrogen-bond donors (Lipinski definition) is 2. The molecule has 0 aromatic carbocycles. The number of carbonyl (C=O) groups excluding carboxylic acids is 1. The van der Waals surface area contributed by atoms with Gasteiger partial charge in [-0.25, -0.2) is 4.98 Å². The molecule has 1 saturated heterocycles. The van der Waals surface area contributed by atoms with Gasteiger partial charge in [-0.05, 0) is 32.7 Å². The SMILES string of the molecule is CCC1(C(=O)NCCc2csc(C)n2)CCCNC1. The molecule has 1 aliphatic rings. The van der Waals surface area contributed by atoms with Gasteiger partial charge in [-0.15, -0.1) is 11.3 Å². The zero-order valence-electron chi connectivity index (χ0n) is 11.8.